The van der Waals surface area contributed by atoms with E-state index in [1.807, 2.05) is 0 Å². The summed E-state index contributed by atoms with van der Waals surface area (Å²) in [6.07, 6.45) is 0. The molecule has 0 heterocycles. The first-order valence-corrected chi connectivity index (χ1v) is 5.75. The Labute approximate surface area is 103 Å². The van der Waals surface area contributed by atoms with Gasteiger partial charge < -0.3 is 15.2 Å². The molecule has 0 unspecified atom stereocenters. The second-order valence-corrected chi connectivity index (χ2v) is 4.19. The van der Waals surface area contributed by atoms with E-state index in [0.717, 1.165) is 11.8 Å². The van der Waals surface area contributed by atoms with E-state index in [9.17, 15) is 4.79 Å². The van der Waals surface area contributed by atoms with Gasteiger partial charge in [0.05, 0.1) is 18.7 Å². The Morgan fingerprint density at radius 3 is 2.81 bits per heavy atom. The normalized spacial score (nSPS) is 9.94. The van der Waals surface area contributed by atoms with Crippen molar-refractivity contribution in [2.45, 2.75) is 11.8 Å². The third-order valence-corrected chi connectivity index (χ3v) is 2.89. The maximum atomic E-state index is 11.3. The van der Waals surface area contributed by atoms with Gasteiger partial charge in [-0.3, -0.25) is 0 Å². The fraction of sp³-hybridized carbons (Fsp3) is 0.300. The van der Waals surface area contributed by atoms with E-state index in [1.165, 1.54) is 7.11 Å². The number of hydrogen-bond donors (Lipinski definition) is 1. The van der Waals surface area contributed by atoms with E-state index in [4.69, 9.17) is 26.8 Å². The lowest BCUT2D eigenvalue weighted by Crippen LogP contribution is -1.98. The number of nitrogen functional groups attached to an aromatic ring is 1. The van der Waals surface area contributed by atoms with Gasteiger partial charge in [-0.25, -0.2) is 4.79 Å². The molecule has 2 N–H and O–H groups in total. The SMILES string of the molecule is CCOC(=O)Sc1cc(OC)c(Cl)cc1N. The third-order valence-electron chi connectivity index (χ3n) is 1.74. The van der Waals surface area contributed by atoms with Crippen LogP contribution in [0, 0.1) is 0 Å². The number of carbonyl (C=O) groups excluding carboxylic acids is 1. The Balaban J connectivity index is 2.91. The lowest BCUT2D eigenvalue weighted by atomic mass is 10.3. The van der Waals surface area contributed by atoms with Crippen LogP contribution in [0.2, 0.25) is 5.02 Å². The highest BCUT2D eigenvalue weighted by molar-refractivity contribution is 8.13. The molecule has 0 saturated heterocycles. The van der Waals surface area contributed by atoms with Crippen molar-refractivity contribution in [2.24, 2.45) is 0 Å². The van der Waals surface area contributed by atoms with Gasteiger partial charge in [0.15, 0.2) is 0 Å². The zero-order valence-corrected chi connectivity index (χ0v) is 10.5. The van der Waals surface area contributed by atoms with Gasteiger partial charge in [-0.1, -0.05) is 11.6 Å². The molecule has 0 radical (unpaired) electrons. The van der Waals surface area contributed by atoms with Crippen molar-refractivity contribution in [1.82, 2.24) is 0 Å². The molecule has 0 atom stereocenters. The molecule has 0 spiro atoms. The number of benzene rings is 1. The van der Waals surface area contributed by atoms with Gasteiger partial charge in [0, 0.05) is 10.6 Å². The highest BCUT2D eigenvalue weighted by atomic mass is 35.5. The molecule has 0 fully saturated rings. The molecule has 0 aliphatic heterocycles. The molecule has 1 rings (SSSR count). The zero-order valence-electron chi connectivity index (χ0n) is 8.95. The van der Waals surface area contributed by atoms with Crippen LogP contribution in [0.25, 0.3) is 0 Å². The van der Waals surface area contributed by atoms with Crippen molar-refractivity contribution in [3.63, 3.8) is 0 Å². The number of anilines is 1. The van der Waals surface area contributed by atoms with Crippen molar-refractivity contribution in [2.75, 3.05) is 19.5 Å². The van der Waals surface area contributed by atoms with Crippen LogP contribution >= 0.6 is 23.4 Å². The van der Waals surface area contributed by atoms with Crippen molar-refractivity contribution in [1.29, 1.82) is 0 Å². The Morgan fingerprint density at radius 1 is 1.56 bits per heavy atom. The molecule has 0 amide bonds. The van der Waals surface area contributed by atoms with Gasteiger partial charge in [0.2, 0.25) is 0 Å². The van der Waals surface area contributed by atoms with Gasteiger partial charge >= 0.3 is 5.30 Å². The van der Waals surface area contributed by atoms with Gasteiger partial charge in [-0.15, -0.1) is 0 Å². The summed E-state index contributed by atoms with van der Waals surface area (Å²) in [6, 6.07) is 3.15. The van der Waals surface area contributed by atoms with Crippen LogP contribution in [-0.2, 0) is 4.74 Å². The van der Waals surface area contributed by atoms with E-state index in [1.54, 1.807) is 19.1 Å². The number of rotatable bonds is 3. The highest BCUT2D eigenvalue weighted by Gasteiger charge is 2.12. The summed E-state index contributed by atoms with van der Waals surface area (Å²) in [5.41, 5.74) is 6.14. The van der Waals surface area contributed by atoms with E-state index in [-0.39, 0.29) is 0 Å². The summed E-state index contributed by atoms with van der Waals surface area (Å²) in [7, 11) is 1.50. The second kappa shape index (κ2) is 5.86. The lowest BCUT2D eigenvalue weighted by molar-refractivity contribution is 0.181. The summed E-state index contributed by atoms with van der Waals surface area (Å²) in [5, 5.41) is 0.00628. The summed E-state index contributed by atoms with van der Waals surface area (Å²) >= 11 is 6.78. The standard InChI is InChI=1S/C10H12ClNO3S/c1-3-15-10(13)16-9-5-8(14-2)6(11)4-7(9)12/h4-5H,3,12H2,1-2H3. The van der Waals surface area contributed by atoms with E-state index in [2.05, 4.69) is 0 Å². The Kier molecular flexibility index (Phi) is 4.76. The fourth-order valence-corrected chi connectivity index (χ4v) is 1.98. The Hall–Kier alpha value is -1.07. The first-order valence-electron chi connectivity index (χ1n) is 4.56. The minimum atomic E-state index is -0.404. The molecule has 16 heavy (non-hydrogen) atoms. The smallest absolute Gasteiger partial charge is 0.372 e. The first kappa shape index (κ1) is 13.0. The average Bonchev–Trinajstić information content (AvgIpc) is 2.22. The van der Waals surface area contributed by atoms with Crippen LogP contribution in [0.1, 0.15) is 6.92 Å². The van der Waals surface area contributed by atoms with E-state index in [0.29, 0.717) is 28.0 Å². The maximum Gasteiger partial charge on any atom is 0.372 e. The van der Waals surface area contributed by atoms with E-state index >= 15 is 0 Å². The molecule has 0 aromatic heterocycles. The van der Waals surface area contributed by atoms with Gasteiger partial charge in [0.25, 0.3) is 0 Å². The number of hydrogen-bond acceptors (Lipinski definition) is 5. The predicted octanol–water partition coefficient (Wildman–Crippen LogP) is 3.18. The first-order chi connectivity index (χ1) is 7.58. The van der Waals surface area contributed by atoms with Crippen molar-refractivity contribution in [3.8, 4) is 5.75 Å². The molecular formula is C10H12ClNO3S. The zero-order chi connectivity index (χ0) is 12.1. The molecule has 1 aromatic rings. The number of halogens is 1. The summed E-state index contributed by atoms with van der Waals surface area (Å²) in [6.45, 7) is 2.07. The quantitative estimate of drug-likeness (QED) is 0.514. The molecule has 4 nitrogen and oxygen atoms in total. The second-order valence-electron chi connectivity index (χ2n) is 2.81. The van der Waals surface area contributed by atoms with Crippen LogP contribution in [0.4, 0.5) is 10.5 Å². The molecule has 0 bridgehead atoms. The molecule has 1 aromatic carbocycles. The van der Waals surface area contributed by atoms with Gasteiger partial charge in [-0.2, -0.15) is 0 Å². The average molecular weight is 262 g/mol. The number of carbonyl (C=O) groups is 1. The van der Waals surface area contributed by atoms with E-state index < -0.39 is 5.30 Å². The van der Waals surface area contributed by atoms with Crippen molar-refractivity contribution in [3.05, 3.63) is 17.2 Å². The minimum absolute atomic E-state index is 0.330. The number of nitrogens with two attached hydrogens (primary N) is 1. The number of ether oxygens (including phenoxy) is 2. The molecule has 0 saturated carbocycles. The summed E-state index contributed by atoms with van der Waals surface area (Å²) in [4.78, 5) is 11.8. The maximum absolute atomic E-state index is 11.3. The molecular weight excluding hydrogens is 250 g/mol. The number of methoxy groups -OCH3 is 1. The Bertz CT molecular complexity index is 398. The van der Waals surface area contributed by atoms with Crippen molar-refractivity contribution >= 4 is 34.4 Å². The van der Waals surface area contributed by atoms with Gasteiger partial charge in [0.1, 0.15) is 5.75 Å². The van der Waals surface area contributed by atoms with Gasteiger partial charge in [-0.05, 0) is 30.8 Å². The molecule has 0 aliphatic carbocycles. The highest BCUT2D eigenvalue weighted by Crippen LogP contribution is 2.35. The monoisotopic (exact) mass is 261 g/mol. The van der Waals surface area contributed by atoms with Crippen LogP contribution in [0.5, 0.6) is 5.75 Å². The van der Waals surface area contributed by atoms with Crippen molar-refractivity contribution < 1.29 is 14.3 Å². The predicted molar refractivity (Wildman–Crippen MR) is 65.3 cm³/mol. The minimum Gasteiger partial charge on any atom is -0.495 e. The van der Waals surface area contributed by atoms with Crippen LogP contribution < -0.4 is 10.5 Å². The number of thioether (sulfide) groups is 1. The molecule has 0 aliphatic rings. The van der Waals surface area contributed by atoms with Crippen LogP contribution in [-0.4, -0.2) is 19.0 Å². The third kappa shape index (κ3) is 3.21. The summed E-state index contributed by atoms with van der Waals surface area (Å²) < 4.78 is 9.83. The topological polar surface area (TPSA) is 61.5 Å². The molecule has 6 heteroatoms. The summed E-state index contributed by atoms with van der Waals surface area (Å²) in [5.74, 6) is 0.475. The van der Waals surface area contributed by atoms with Crippen LogP contribution in [0.15, 0.2) is 17.0 Å². The lowest BCUT2D eigenvalue weighted by Gasteiger charge is -2.08. The fourth-order valence-electron chi connectivity index (χ4n) is 1.03. The molecule has 88 valence electrons. The van der Waals surface area contributed by atoms with Crippen LogP contribution in [0.3, 0.4) is 0 Å². The Morgan fingerprint density at radius 2 is 2.25 bits per heavy atom. The largest absolute Gasteiger partial charge is 0.495 e.